The Balaban J connectivity index is 1.84. The monoisotopic (exact) mass is 380 g/mol. The molecule has 1 aliphatic carbocycles. The number of hydrogen-bond acceptors (Lipinski definition) is 3. The second kappa shape index (κ2) is 7.84. The summed E-state index contributed by atoms with van der Waals surface area (Å²) >= 11 is 5.99. The van der Waals surface area contributed by atoms with E-state index >= 15 is 0 Å². The summed E-state index contributed by atoms with van der Waals surface area (Å²) in [5.74, 6) is -0.766. The van der Waals surface area contributed by atoms with Crippen molar-refractivity contribution in [1.82, 2.24) is 9.80 Å². The van der Waals surface area contributed by atoms with E-state index in [0.29, 0.717) is 44.0 Å². The van der Waals surface area contributed by atoms with E-state index in [1.807, 2.05) is 12.1 Å². The minimum absolute atomic E-state index is 0.123. The summed E-state index contributed by atoms with van der Waals surface area (Å²) in [6, 6.07) is 7.10. The molecule has 1 aromatic carbocycles. The minimum Gasteiger partial charge on any atom is -0.465 e. The second-order valence-electron chi connectivity index (χ2n) is 7.24. The molecule has 2 amide bonds. The maximum Gasteiger partial charge on any atom is 0.407 e. The molecule has 1 unspecified atom stereocenters. The Kier molecular flexibility index (Phi) is 5.73. The average molecular weight is 381 g/mol. The van der Waals surface area contributed by atoms with Crippen molar-refractivity contribution in [3.05, 3.63) is 34.9 Å². The van der Waals surface area contributed by atoms with E-state index in [2.05, 4.69) is 0 Å². The molecule has 7 heteroatoms. The number of carbonyl (C=O) groups excluding carboxylic acids is 1. The minimum atomic E-state index is -1.06. The molecular weight excluding hydrogens is 356 g/mol. The van der Waals surface area contributed by atoms with Crippen LogP contribution < -0.4 is 0 Å². The maximum atomic E-state index is 13.3. The van der Waals surface area contributed by atoms with Crippen molar-refractivity contribution < 1.29 is 19.8 Å². The number of amides is 2. The van der Waals surface area contributed by atoms with Crippen LogP contribution in [0.25, 0.3) is 0 Å². The second-order valence-corrected chi connectivity index (χ2v) is 7.68. The number of benzene rings is 1. The first kappa shape index (κ1) is 19.0. The summed E-state index contributed by atoms with van der Waals surface area (Å²) in [6.07, 6.45) is 3.11. The van der Waals surface area contributed by atoms with Gasteiger partial charge in [-0.25, -0.2) is 4.79 Å². The van der Waals surface area contributed by atoms with Crippen LogP contribution in [0.5, 0.6) is 0 Å². The van der Waals surface area contributed by atoms with Gasteiger partial charge >= 0.3 is 6.09 Å². The SMILES string of the molecule is O=C(O)N1CCN(C(=O)C(c2ccc(Cl)cc2)C2(O)CCCCC2)CC1. The Bertz CT molecular complexity index is 650. The fourth-order valence-corrected chi connectivity index (χ4v) is 4.22. The molecule has 0 spiro atoms. The largest absolute Gasteiger partial charge is 0.465 e. The number of nitrogens with zero attached hydrogens (tertiary/aromatic N) is 2. The Morgan fingerprint density at radius 2 is 1.50 bits per heavy atom. The van der Waals surface area contributed by atoms with E-state index in [0.717, 1.165) is 24.8 Å². The number of aliphatic hydroxyl groups is 1. The number of piperazine rings is 1. The molecule has 1 atom stereocenters. The highest BCUT2D eigenvalue weighted by Crippen LogP contribution is 2.41. The van der Waals surface area contributed by atoms with Gasteiger partial charge in [0.05, 0.1) is 11.5 Å². The molecule has 0 aromatic heterocycles. The fraction of sp³-hybridized carbons (Fsp3) is 0.579. The average Bonchev–Trinajstić information content (AvgIpc) is 2.64. The molecule has 2 fully saturated rings. The lowest BCUT2D eigenvalue weighted by Gasteiger charge is -2.42. The summed E-state index contributed by atoms with van der Waals surface area (Å²) in [5, 5.41) is 21.0. The van der Waals surface area contributed by atoms with Crippen LogP contribution in [0.2, 0.25) is 5.02 Å². The highest BCUT2D eigenvalue weighted by atomic mass is 35.5. The Morgan fingerprint density at radius 3 is 2.04 bits per heavy atom. The number of carboxylic acid groups (broad SMARTS) is 1. The molecule has 1 heterocycles. The molecule has 2 N–H and O–H groups in total. The highest BCUT2D eigenvalue weighted by molar-refractivity contribution is 6.30. The van der Waals surface area contributed by atoms with Gasteiger partial charge in [-0.1, -0.05) is 43.0 Å². The van der Waals surface area contributed by atoms with Crippen LogP contribution in [0.4, 0.5) is 4.79 Å². The van der Waals surface area contributed by atoms with Gasteiger partial charge < -0.3 is 20.0 Å². The van der Waals surface area contributed by atoms with E-state index in [9.17, 15) is 14.7 Å². The van der Waals surface area contributed by atoms with Gasteiger partial charge in [0.25, 0.3) is 0 Å². The zero-order valence-corrected chi connectivity index (χ0v) is 15.5. The molecule has 1 aliphatic heterocycles. The van der Waals surface area contributed by atoms with Crippen molar-refractivity contribution in [2.75, 3.05) is 26.2 Å². The topological polar surface area (TPSA) is 81.1 Å². The standard InChI is InChI=1S/C19H25ClN2O4/c20-15-6-4-14(5-7-15)16(19(26)8-2-1-3-9-19)17(23)21-10-12-22(13-11-21)18(24)25/h4-7,16,26H,1-3,8-13H2,(H,24,25). The molecule has 1 saturated heterocycles. The van der Waals surface area contributed by atoms with Gasteiger partial charge in [-0.15, -0.1) is 0 Å². The van der Waals surface area contributed by atoms with Crippen molar-refractivity contribution >= 4 is 23.6 Å². The molecule has 26 heavy (non-hydrogen) atoms. The molecule has 1 aromatic rings. The third-order valence-corrected chi connectivity index (χ3v) is 5.82. The third kappa shape index (κ3) is 3.96. The van der Waals surface area contributed by atoms with Crippen LogP contribution in [-0.2, 0) is 4.79 Å². The van der Waals surface area contributed by atoms with Crippen molar-refractivity contribution in [3.8, 4) is 0 Å². The lowest BCUT2D eigenvalue weighted by atomic mass is 9.72. The lowest BCUT2D eigenvalue weighted by molar-refractivity contribution is -0.143. The van der Waals surface area contributed by atoms with E-state index in [1.54, 1.807) is 17.0 Å². The molecule has 6 nitrogen and oxygen atoms in total. The van der Waals surface area contributed by atoms with Gasteiger partial charge in [-0.3, -0.25) is 4.79 Å². The summed E-state index contributed by atoms with van der Waals surface area (Å²) in [7, 11) is 0. The van der Waals surface area contributed by atoms with Crippen molar-refractivity contribution in [2.24, 2.45) is 0 Å². The summed E-state index contributed by atoms with van der Waals surface area (Å²) in [4.78, 5) is 27.4. The molecule has 142 valence electrons. The first-order chi connectivity index (χ1) is 12.4. The number of hydrogen-bond donors (Lipinski definition) is 2. The van der Waals surface area contributed by atoms with E-state index in [-0.39, 0.29) is 5.91 Å². The Labute approximate surface area is 158 Å². The summed E-state index contributed by atoms with van der Waals surface area (Å²) < 4.78 is 0. The van der Waals surface area contributed by atoms with Gasteiger partial charge in [0, 0.05) is 31.2 Å². The Hall–Kier alpha value is -1.79. The van der Waals surface area contributed by atoms with Gasteiger partial charge in [-0.2, -0.15) is 0 Å². The Morgan fingerprint density at radius 1 is 0.962 bits per heavy atom. The number of halogens is 1. The zero-order valence-electron chi connectivity index (χ0n) is 14.7. The zero-order chi connectivity index (χ0) is 18.7. The first-order valence-corrected chi connectivity index (χ1v) is 9.53. The summed E-state index contributed by atoms with van der Waals surface area (Å²) in [5.41, 5.74) is -0.294. The molecule has 0 bridgehead atoms. The van der Waals surface area contributed by atoms with Crippen LogP contribution in [0.15, 0.2) is 24.3 Å². The lowest BCUT2D eigenvalue weighted by Crippen LogP contribution is -2.54. The molecule has 3 rings (SSSR count). The van der Waals surface area contributed by atoms with Crippen molar-refractivity contribution in [3.63, 3.8) is 0 Å². The van der Waals surface area contributed by atoms with Crippen molar-refractivity contribution in [2.45, 2.75) is 43.6 Å². The van der Waals surface area contributed by atoms with E-state index in [1.165, 1.54) is 4.90 Å². The number of carbonyl (C=O) groups is 2. The fourth-order valence-electron chi connectivity index (χ4n) is 4.09. The van der Waals surface area contributed by atoms with Gasteiger partial charge in [-0.05, 0) is 30.5 Å². The molecule has 2 aliphatic rings. The normalized spacial score (nSPS) is 21.3. The summed E-state index contributed by atoms with van der Waals surface area (Å²) in [6.45, 7) is 1.30. The maximum absolute atomic E-state index is 13.3. The predicted molar refractivity (Wildman–Crippen MR) is 98.4 cm³/mol. The van der Waals surface area contributed by atoms with Crippen LogP contribution in [0.3, 0.4) is 0 Å². The molecule has 1 saturated carbocycles. The number of rotatable bonds is 3. The van der Waals surface area contributed by atoms with Crippen molar-refractivity contribution in [1.29, 1.82) is 0 Å². The van der Waals surface area contributed by atoms with Crippen LogP contribution in [0.1, 0.15) is 43.6 Å². The molecule has 0 radical (unpaired) electrons. The van der Waals surface area contributed by atoms with Gasteiger partial charge in [0.15, 0.2) is 0 Å². The van der Waals surface area contributed by atoms with Crippen LogP contribution >= 0.6 is 11.6 Å². The predicted octanol–water partition coefficient (Wildman–Crippen LogP) is 2.94. The van der Waals surface area contributed by atoms with Crippen LogP contribution in [-0.4, -0.2) is 63.8 Å². The van der Waals surface area contributed by atoms with Gasteiger partial charge in [0.1, 0.15) is 0 Å². The van der Waals surface area contributed by atoms with E-state index < -0.39 is 17.6 Å². The molecular formula is C19H25ClN2O4. The quantitative estimate of drug-likeness (QED) is 0.844. The van der Waals surface area contributed by atoms with Gasteiger partial charge in [0.2, 0.25) is 5.91 Å². The first-order valence-electron chi connectivity index (χ1n) is 9.15. The highest BCUT2D eigenvalue weighted by Gasteiger charge is 2.45. The van der Waals surface area contributed by atoms with Crippen LogP contribution in [0, 0.1) is 0 Å². The third-order valence-electron chi connectivity index (χ3n) is 5.57. The smallest absolute Gasteiger partial charge is 0.407 e. The van der Waals surface area contributed by atoms with E-state index in [4.69, 9.17) is 16.7 Å².